The van der Waals surface area contributed by atoms with Crippen molar-refractivity contribution >= 4 is 30.7 Å². The Labute approximate surface area is 146 Å². The molecule has 0 saturated carbocycles. The van der Waals surface area contributed by atoms with Crippen LogP contribution in [0, 0.1) is 5.92 Å². The lowest BCUT2D eigenvalue weighted by molar-refractivity contribution is -0.146. The van der Waals surface area contributed by atoms with Gasteiger partial charge in [0.15, 0.2) is 0 Å². The Balaban J connectivity index is 0.00000220. The van der Waals surface area contributed by atoms with Crippen molar-refractivity contribution in [2.45, 2.75) is 38.2 Å². The minimum Gasteiger partial charge on any atom is -0.368 e. The van der Waals surface area contributed by atoms with Crippen LogP contribution in [-0.4, -0.2) is 62.8 Å². The van der Waals surface area contributed by atoms with Gasteiger partial charge < -0.3 is 20.3 Å². The number of halogens is 2. The molecule has 0 aromatic rings. The number of carbonyl (C=O) groups excluding carboxylic acids is 1. The van der Waals surface area contributed by atoms with E-state index in [4.69, 9.17) is 4.74 Å². The summed E-state index contributed by atoms with van der Waals surface area (Å²) in [6.45, 7) is 8.02. The van der Waals surface area contributed by atoms with Gasteiger partial charge in [0, 0.05) is 26.7 Å². The molecule has 0 radical (unpaired) electrons. The summed E-state index contributed by atoms with van der Waals surface area (Å²) in [5, 5.41) is 6.35. The van der Waals surface area contributed by atoms with E-state index in [2.05, 4.69) is 22.5 Å². The smallest absolute Gasteiger partial charge is 0.252 e. The van der Waals surface area contributed by atoms with Crippen LogP contribution < -0.4 is 10.6 Å². The first-order valence-electron chi connectivity index (χ1n) is 7.93. The van der Waals surface area contributed by atoms with Crippen molar-refractivity contribution in [2.75, 3.05) is 46.4 Å². The Bertz CT molecular complexity index is 326. The lowest BCUT2D eigenvalue weighted by Gasteiger charge is -2.35. The molecule has 0 aromatic heterocycles. The number of amides is 1. The van der Waals surface area contributed by atoms with Gasteiger partial charge in [0.1, 0.15) is 5.60 Å². The number of hydrogen-bond acceptors (Lipinski definition) is 4. The molecule has 1 unspecified atom stereocenters. The number of rotatable bonds is 5. The monoisotopic (exact) mass is 355 g/mol. The van der Waals surface area contributed by atoms with Gasteiger partial charge in [-0.3, -0.25) is 4.79 Å². The molecule has 1 atom stereocenters. The molecule has 1 amide bonds. The first-order chi connectivity index (χ1) is 9.66. The summed E-state index contributed by atoms with van der Waals surface area (Å²) in [5.41, 5.74) is -0.611. The summed E-state index contributed by atoms with van der Waals surface area (Å²) in [6, 6.07) is 0. The van der Waals surface area contributed by atoms with Crippen LogP contribution in [0.2, 0.25) is 0 Å². The van der Waals surface area contributed by atoms with Gasteiger partial charge in [-0.05, 0) is 51.2 Å². The fourth-order valence-electron chi connectivity index (χ4n) is 3.33. The van der Waals surface area contributed by atoms with E-state index in [0.29, 0.717) is 0 Å². The number of carbonyl (C=O) groups is 1. The fraction of sp³-hybridized carbons (Fsp3) is 0.933. The number of ether oxygens (including phenoxy) is 1. The van der Waals surface area contributed by atoms with Crippen molar-refractivity contribution < 1.29 is 9.53 Å². The highest BCUT2D eigenvalue weighted by molar-refractivity contribution is 5.86. The summed E-state index contributed by atoms with van der Waals surface area (Å²) in [7, 11) is 1.65. The van der Waals surface area contributed by atoms with E-state index in [9.17, 15) is 4.79 Å². The second kappa shape index (κ2) is 10.7. The minimum absolute atomic E-state index is 0. The molecule has 0 aromatic carbocycles. The molecule has 2 heterocycles. The van der Waals surface area contributed by atoms with Crippen molar-refractivity contribution in [1.29, 1.82) is 0 Å². The fourth-order valence-corrected chi connectivity index (χ4v) is 3.33. The number of nitrogens with zero attached hydrogens (tertiary/aromatic N) is 1. The van der Waals surface area contributed by atoms with Gasteiger partial charge in [0.05, 0.1) is 0 Å². The van der Waals surface area contributed by atoms with E-state index in [1.54, 1.807) is 7.11 Å². The van der Waals surface area contributed by atoms with Crippen molar-refractivity contribution in [3.8, 4) is 0 Å². The van der Waals surface area contributed by atoms with Crippen molar-refractivity contribution in [1.82, 2.24) is 15.5 Å². The van der Waals surface area contributed by atoms with Gasteiger partial charge in [0.25, 0.3) is 5.91 Å². The quantitative estimate of drug-likeness (QED) is 0.783. The first-order valence-corrected chi connectivity index (χ1v) is 7.93. The van der Waals surface area contributed by atoms with E-state index in [1.165, 1.54) is 19.4 Å². The SMILES string of the molecule is COC1(C(=O)NCCN2CCCC(C)C2)CCNCC1.Cl.Cl. The summed E-state index contributed by atoms with van der Waals surface area (Å²) >= 11 is 0. The predicted molar refractivity (Wildman–Crippen MR) is 94.2 cm³/mol. The van der Waals surface area contributed by atoms with Crippen molar-refractivity contribution in [3.63, 3.8) is 0 Å². The van der Waals surface area contributed by atoms with Crippen LogP contribution in [0.3, 0.4) is 0 Å². The maximum absolute atomic E-state index is 12.4. The molecule has 22 heavy (non-hydrogen) atoms. The molecule has 5 nitrogen and oxygen atoms in total. The second-order valence-electron chi connectivity index (χ2n) is 6.25. The van der Waals surface area contributed by atoms with Crippen LogP contribution in [0.25, 0.3) is 0 Å². The molecule has 2 rings (SSSR count). The molecular formula is C15H31Cl2N3O2. The van der Waals surface area contributed by atoms with Gasteiger partial charge in [-0.15, -0.1) is 24.8 Å². The molecule has 2 aliphatic heterocycles. The Hall–Kier alpha value is -0.0700. The molecule has 7 heteroatoms. The highest BCUT2D eigenvalue weighted by Gasteiger charge is 2.39. The highest BCUT2D eigenvalue weighted by Crippen LogP contribution is 2.22. The highest BCUT2D eigenvalue weighted by atomic mass is 35.5. The standard InChI is InChI=1S/C15H29N3O2.2ClH/c1-13-4-3-10-18(12-13)11-9-17-14(19)15(20-2)5-7-16-8-6-15;;/h13,16H,3-12H2,1-2H3,(H,17,19);2*1H. The summed E-state index contributed by atoms with van der Waals surface area (Å²) < 4.78 is 5.53. The molecule has 132 valence electrons. The second-order valence-corrected chi connectivity index (χ2v) is 6.25. The van der Waals surface area contributed by atoms with Gasteiger partial charge in [-0.2, -0.15) is 0 Å². The molecule has 0 aliphatic carbocycles. The Kier molecular flexibility index (Phi) is 10.6. The lowest BCUT2D eigenvalue weighted by atomic mass is 9.91. The molecule has 2 saturated heterocycles. The lowest BCUT2D eigenvalue weighted by Crippen LogP contribution is -2.55. The number of likely N-dealkylation sites (tertiary alicyclic amines) is 1. The average Bonchev–Trinajstić information content (AvgIpc) is 2.48. The van der Waals surface area contributed by atoms with Crippen LogP contribution in [0.1, 0.15) is 32.6 Å². The van der Waals surface area contributed by atoms with Gasteiger partial charge >= 0.3 is 0 Å². The minimum atomic E-state index is -0.611. The molecule has 2 aliphatic rings. The number of nitrogens with one attached hydrogen (secondary N) is 2. The van der Waals surface area contributed by atoms with E-state index < -0.39 is 5.60 Å². The Morgan fingerprint density at radius 1 is 1.36 bits per heavy atom. The van der Waals surface area contributed by atoms with Crippen LogP contribution in [-0.2, 0) is 9.53 Å². The van der Waals surface area contributed by atoms with Crippen LogP contribution in [0.5, 0.6) is 0 Å². The molecular weight excluding hydrogens is 325 g/mol. The van der Waals surface area contributed by atoms with Crippen LogP contribution >= 0.6 is 24.8 Å². The maximum Gasteiger partial charge on any atom is 0.252 e. The third kappa shape index (κ3) is 5.85. The number of methoxy groups -OCH3 is 1. The molecule has 2 fully saturated rings. The third-order valence-corrected chi connectivity index (χ3v) is 4.67. The number of hydrogen-bond donors (Lipinski definition) is 2. The largest absolute Gasteiger partial charge is 0.368 e. The van der Waals surface area contributed by atoms with E-state index in [-0.39, 0.29) is 30.7 Å². The molecule has 0 spiro atoms. The van der Waals surface area contributed by atoms with Gasteiger partial charge in [-0.1, -0.05) is 6.92 Å². The molecule has 2 N–H and O–H groups in total. The average molecular weight is 356 g/mol. The van der Waals surface area contributed by atoms with Gasteiger partial charge in [-0.25, -0.2) is 0 Å². The maximum atomic E-state index is 12.4. The predicted octanol–water partition coefficient (Wildman–Crippen LogP) is 1.45. The van der Waals surface area contributed by atoms with Gasteiger partial charge in [0.2, 0.25) is 0 Å². The summed E-state index contributed by atoms with van der Waals surface area (Å²) in [4.78, 5) is 14.8. The van der Waals surface area contributed by atoms with E-state index in [1.807, 2.05) is 0 Å². The normalized spacial score (nSPS) is 24.7. The Morgan fingerprint density at radius 2 is 2.05 bits per heavy atom. The van der Waals surface area contributed by atoms with E-state index in [0.717, 1.165) is 51.5 Å². The third-order valence-electron chi connectivity index (χ3n) is 4.67. The zero-order valence-corrected chi connectivity index (χ0v) is 15.4. The van der Waals surface area contributed by atoms with Crippen LogP contribution in [0.4, 0.5) is 0 Å². The topological polar surface area (TPSA) is 53.6 Å². The first kappa shape index (κ1) is 21.9. The zero-order chi connectivity index (χ0) is 14.4. The van der Waals surface area contributed by atoms with Crippen LogP contribution in [0.15, 0.2) is 0 Å². The van der Waals surface area contributed by atoms with Crippen molar-refractivity contribution in [3.05, 3.63) is 0 Å². The zero-order valence-electron chi connectivity index (χ0n) is 13.7. The van der Waals surface area contributed by atoms with E-state index >= 15 is 0 Å². The summed E-state index contributed by atoms with van der Waals surface area (Å²) in [6.07, 6.45) is 4.14. The summed E-state index contributed by atoms with van der Waals surface area (Å²) in [5.74, 6) is 0.848. The number of piperidine rings is 2. The molecule has 0 bridgehead atoms. The Morgan fingerprint density at radius 3 is 2.64 bits per heavy atom. The van der Waals surface area contributed by atoms with Crippen molar-refractivity contribution in [2.24, 2.45) is 5.92 Å².